The van der Waals surface area contributed by atoms with Gasteiger partial charge in [0.05, 0.1) is 12.2 Å². The minimum absolute atomic E-state index is 0.0843. The first kappa shape index (κ1) is 24.0. The standard InChI is InChI=1S/C26H29FN4O5/c1-15-11-21(15)31(12-16-3-5-17(27)6-4-16)22(32)13-30-14-26(36-25(30)35)10-9-18-19(26)7-8-20(23(18)33)29-24(34)28-2/h3-8,15,18,21H,9-14H2,1-2H3,(H2,28,29,34). The predicted octanol–water partition coefficient (Wildman–Crippen LogP) is 2.49. The molecule has 36 heavy (non-hydrogen) atoms. The zero-order valence-corrected chi connectivity index (χ0v) is 20.3. The maximum atomic E-state index is 13.3. The van der Waals surface area contributed by atoms with Gasteiger partial charge in [-0.1, -0.05) is 25.1 Å². The highest BCUT2D eigenvalue weighted by atomic mass is 19.1. The number of amides is 4. The molecule has 10 heteroatoms. The molecule has 1 saturated heterocycles. The van der Waals surface area contributed by atoms with Crippen molar-refractivity contribution in [2.75, 3.05) is 20.1 Å². The number of ether oxygens (including phenoxy) is 1. The SMILES string of the molecule is CNC(=O)NC1=CC=C2C(CCC23CN(CC(=O)N(Cc2ccc(F)cc2)C2CC2C)C(=O)O3)C1=O. The molecule has 4 atom stereocenters. The van der Waals surface area contributed by atoms with E-state index < -0.39 is 23.6 Å². The molecule has 3 fully saturated rings. The number of halogens is 1. The Balaban J connectivity index is 1.30. The normalized spacial score (nSPS) is 28.3. The number of nitrogens with one attached hydrogen (secondary N) is 2. The van der Waals surface area contributed by atoms with Crippen molar-refractivity contribution >= 4 is 23.8 Å². The van der Waals surface area contributed by atoms with Crippen LogP contribution in [0.4, 0.5) is 14.0 Å². The number of ketones is 1. The van der Waals surface area contributed by atoms with Crippen LogP contribution in [0.3, 0.4) is 0 Å². The lowest BCUT2D eigenvalue weighted by Crippen LogP contribution is -2.43. The Morgan fingerprint density at radius 1 is 1.22 bits per heavy atom. The molecule has 4 aliphatic rings. The average Bonchev–Trinajstić information content (AvgIpc) is 3.34. The van der Waals surface area contributed by atoms with Crippen molar-refractivity contribution in [3.63, 3.8) is 0 Å². The summed E-state index contributed by atoms with van der Waals surface area (Å²) in [7, 11) is 1.47. The summed E-state index contributed by atoms with van der Waals surface area (Å²) >= 11 is 0. The summed E-state index contributed by atoms with van der Waals surface area (Å²) in [5.74, 6) is -0.856. The molecule has 0 bridgehead atoms. The molecule has 9 nitrogen and oxygen atoms in total. The molecule has 4 unspecified atom stereocenters. The van der Waals surface area contributed by atoms with Gasteiger partial charge in [-0.2, -0.15) is 0 Å². The van der Waals surface area contributed by atoms with Gasteiger partial charge in [0.2, 0.25) is 5.91 Å². The van der Waals surface area contributed by atoms with E-state index in [4.69, 9.17) is 4.74 Å². The van der Waals surface area contributed by atoms with Crippen LogP contribution in [0.2, 0.25) is 0 Å². The highest BCUT2D eigenvalue weighted by Crippen LogP contribution is 2.48. The number of nitrogens with zero attached hydrogens (tertiary/aromatic N) is 2. The fourth-order valence-electron chi connectivity index (χ4n) is 5.47. The van der Waals surface area contributed by atoms with Gasteiger partial charge >= 0.3 is 12.1 Å². The predicted molar refractivity (Wildman–Crippen MR) is 127 cm³/mol. The fraction of sp³-hybridized carbons (Fsp3) is 0.462. The monoisotopic (exact) mass is 496 g/mol. The lowest BCUT2D eigenvalue weighted by molar-refractivity contribution is -0.133. The second kappa shape index (κ2) is 9.07. The van der Waals surface area contributed by atoms with Crippen molar-refractivity contribution in [1.29, 1.82) is 0 Å². The number of benzene rings is 1. The Labute approximate surface area is 208 Å². The van der Waals surface area contributed by atoms with Gasteiger partial charge in [0.15, 0.2) is 11.4 Å². The number of rotatable bonds is 6. The van der Waals surface area contributed by atoms with Crippen LogP contribution in [-0.2, 0) is 20.9 Å². The highest BCUT2D eigenvalue weighted by Gasteiger charge is 2.56. The maximum absolute atomic E-state index is 13.3. The quantitative estimate of drug-likeness (QED) is 0.629. The third-order valence-electron chi connectivity index (χ3n) is 7.59. The molecule has 3 aliphatic carbocycles. The molecular formula is C26H29FN4O5. The van der Waals surface area contributed by atoms with Crippen LogP contribution >= 0.6 is 0 Å². The molecule has 2 N–H and O–H groups in total. The van der Waals surface area contributed by atoms with Gasteiger partial charge in [0.25, 0.3) is 0 Å². The molecule has 1 aromatic rings. The van der Waals surface area contributed by atoms with Crippen LogP contribution in [0, 0.1) is 17.7 Å². The summed E-state index contributed by atoms with van der Waals surface area (Å²) in [6.07, 6.45) is 4.54. The Bertz CT molecular complexity index is 1180. The molecule has 190 valence electrons. The number of hydrogen-bond donors (Lipinski definition) is 2. The minimum Gasteiger partial charge on any atom is -0.436 e. The van der Waals surface area contributed by atoms with Crippen LogP contribution < -0.4 is 10.6 Å². The van der Waals surface area contributed by atoms with Crippen molar-refractivity contribution in [3.05, 3.63) is 59.1 Å². The van der Waals surface area contributed by atoms with Gasteiger partial charge < -0.3 is 20.3 Å². The summed E-state index contributed by atoms with van der Waals surface area (Å²) in [6.45, 7) is 2.47. The third-order valence-corrected chi connectivity index (χ3v) is 7.59. The third kappa shape index (κ3) is 4.36. The van der Waals surface area contributed by atoms with Gasteiger partial charge in [-0.3, -0.25) is 14.5 Å². The van der Waals surface area contributed by atoms with E-state index >= 15 is 0 Å². The van der Waals surface area contributed by atoms with E-state index in [1.807, 2.05) is 0 Å². The van der Waals surface area contributed by atoms with E-state index in [0.29, 0.717) is 30.9 Å². The van der Waals surface area contributed by atoms with Crippen molar-refractivity contribution in [2.24, 2.45) is 11.8 Å². The number of fused-ring (bicyclic) bond motifs is 2. The van der Waals surface area contributed by atoms with Gasteiger partial charge in [-0.05, 0) is 54.5 Å². The summed E-state index contributed by atoms with van der Waals surface area (Å²) in [6, 6.07) is 5.67. The summed E-state index contributed by atoms with van der Waals surface area (Å²) in [5, 5.41) is 4.96. The highest BCUT2D eigenvalue weighted by molar-refractivity contribution is 6.03. The minimum atomic E-state index is -0.957. The number of allylic oxidation sites excluding steroid dienone is 3. The largest absolute Gasteiger partial charge is 0.436 e. The number of carbonyl (C=O) groups is 4. The molecule has 1 aromatic carbocycles. The van der Waals surface area contributed by atoms with E-state index in [2.05, 4.69) is 17.6 Å². The van der Waals surface area contributed by atoms with E-state index in [-0.39, 0.29) is 42.3 Å². The molecule has 0 aromatic heterocycles. The van der Waals surface area contributed by atoms with Crippen LogP contribution in [-0.4, -0.2) is 65.4 Å². The number of hydrogen-bond acceptors (Lipinski definition) is 5. The number of Topliss-reactive ketones (excluding diaryl/α,β-unsaturated/α-hetero) is 1. The Hall–Kier alpha value is -3.69. The lowest BCUT2D eigenvalue weighted by Gasteiger charge is -2.28. The molecule has 1 spiro atoms. The molecule has 1 heterocycles. The van der Waals surface area contributed by atoms with Crippen molar-refractivity contribution in [2.45, 2.75) is 44.4 Å². The average molecular weight is 497 g/mol. The fourth-order valence-corrected chi connectivity index (χ4v) is 5.47. The van der Waals surface area contributed by atoms with E-state index in [0.717, 1.165) is 12.0 Å². The first-order valence-electron chi connectivity index (χ1n) is 12.2. The Morgan fingerprint density at radius 3 is 2.61 bits per heavy atom. The zero-order chi connectivity index (χ0) is 25.6. The van der Waals surface area contributed by atoms with Crippen molar-refractivity contribution in [1.82, 2.24) is 20.4 Å². The topological polar surface area (TPSA) is 108 Å². The Morgan fingerprint density at radius 2 is 1.94 bits per heavy atom. The smallest absolute Gasteiger partial charge is 0.411 e. The second-order valence-corrected chi connectivity index (χ2v) is 10.0. The van der Waals surface area contributed by atoms with Gasteiger partial charge in [-0.25, -0.2) is 14.0 Å². The first-order chi connectivity index (χ1) is 17.2. The van der Waals surface area contributed by atoms with E-state index in [9.17, 15) is 23.6 Å². The summed E-state index contributed by atoms with van der Waals surface area (Å²) in [5.41, 5.74) is 0.770. The maximum Gasteiger partial charge on any atom is 0.411 e. The first-order valence-corrected chi connectivity index (χ1v) is 12.2. The molecule has 4 amide bonds. The molecular weight excluding hydrogens is 467 g/mol. The van der Waals surface area contributed by atoms with Gasteiger partial charge in [0, 0.05) is 25.6 Å². The Kier molecular flexibility index (Phi) is 6.05. The molecule has 0 radical (unpaired) electrons. The molecule has 2 saturated carbocycles. The van der Waals surface area contributed by atoms with Crippen LogP contribution in [0.25, 0.3) is 0 Å². The second-order valence-electron chi connectivity index (χ2n) is 10.0. The number of carbonyl (C=O) groups excluding carboxylic acids is 4. The summed E-state index contributed by atoms with van der Waals surface area (Å²) < 4.78 is 19.1. The van der Waals surface area contributed by atoms with Gasteiger partial charge in [0.1, 0.15) is 12.4 Å². The van der Waals surface area contributed by atoms with Crippen LogP contribution in [0.5, 0.6) is 0 Å². The summed E-state index contributed by atoms with van der Waals surface area (Å²) in [4.78, 5) is 53.9. The van der Waals surface area contributed by atoms with E-state index in [1.54, 1.807) is 23.1 Å². The number of urea groups is 1. The van der Waals surface area contributed by atoms with E-state index in [1.165, 1.54) is 30.2 Å². The van der Waals surface area contributed by atoms with Crippen LogP contribution in [0.15, 0.2) is 47.7 Å². The van der Waals surface area contributed by atoms with Gasteiger partial charge in [-0.15, -0.1) is 0 Å². The van der Waals surface area contributed by atoms with Crippen molar-refractivity contribution in [3.8, 4) is 0 Å². The van der Waals surface area contributed by atoms with Crippen molar-refractivity contribution < 1.29 is 28.3 Å². The molecule has 5 rings (SSSR count). The zero-order valence-electron chi connectivity index (χ0n) is 20.3. The molecule has 1 aliphatic heterocycles. The lowest BCUT2D eigenvalue weighted by atomic mass is 9.85. The van der Waals surface area contributed by atoms with Crippen LogP contribution in [0.1, 0.15) is 31.7 Å².